The number of methoxy groups -OCH3 is 3. The van der Waals surface area contributed by atoms with Crippen molar-refractivity contribution in [1.29, 1.82) is 0 Å². The molecule has 2 aromatic rings. The first-order chi connectivity index (χ1) is 17.7. The summed E-state index contributed by atoms with van der Waals surface area (Å²) in [6.45, 7) is 9.28. The van der Waals surface area contributed by atoms with E-state index in [1.807, 2.05) is 26.0 Å². The summed E-state index contributed by atoms with van der Waals surface area (Å²) in [6.07, 6.45) is 1.97. The van der Waals surface area contributed by atoms with Gasteiger partial charge in [-0.05, 0) is 45.4 Å². The number of aryl methyl sites for hydroxylation is 1. The predicted octanol–water partition coefficient (Wildman–Crippen LogP) is 4.04. The highest BCUT2D eigenvalue weighted by atomic mass is 16.5. The Morgan fingerprint density at radius 1 is 0.946 bits per heavy atom. The Labute approximate surface area is 217 Å². The summed E-state index contributed by atoms with van der Waals surface area (Å²) in [5.41, 5.74) is 1.60. The zero-order valence-corrected chi connectivity index (χ0v) is 22.2. The van der Waals surface area contributed by atoms with Gasteiger partial charge in [0.25, 0.3) is 0 Å². The van der Waals surface area contributed by atoms with E-state index in [0.717, 1.165) is 31.5 Å². The van der Waals surface area contributed by atoms with Gasteiger partial charge in [0.1, 0.15) is 23.3 Å². The molecule has 2 N–H and O–H groups in total. The van der Waals surface area contributed by atoms with Crippen LogP contribution in [0.5, 0.6) is 28.7 Å². The van der Waals surface area contributed by atoms with Gasteiger partial charge < -0.3 is 39.2 Å². The Bertz CT molecular complexity index is 1130. The number of benzene rings is 2. The molecule has 10 nitrogen and oxygen atoms in total. The number of hydrogen-bond acceptors (Lipinski definition) is 8. The van der Waals surface area contributed by atoms with Gasteiger partial charge in [-0.25, -0.2) is 9.59 Å². The molecule has 0 radical (unpaired) electrons. The van der Waals surface area contributed by atoms with E-state index in [2.05, 4.69) is 29.2 Å². The van der Waals surface area contributed by atoms with E-state index in [9.17, 15) is 9.59 Å². The van der Waals surface area contributed by atoms with Crippen LogP contribution in [0.15, 0.2) is 36.5 Å². The Morgan fingerprint density at radius 2 is 1.57 bits per heavy atom. The number of carbonyl (C=O) groups excluding carboxylic acids is 2. The van der Waals surface area contributed by atoms with E-state index in [0.29, 0.717) is 40.0 Å². The molecule has 1 heterocycles. The molecule has 0 saturated carbocycles. The van der Waals surface area contributed by atoms with Crippen LogP contribution in [-0.4, -0.2) is 64.5 Å². The molecule has 1 aliphatic rings. The second-order valence-electron chi connectivity index (χ2n) is 8.82. The Kier molecular flexibility index (Phi) is 9.24. The summed E-state index contributed by atoms with van der Waals surface area (Å²) in [6, 6.07) is 6.16. The molecule has 0 atom stereocenters. The van der Waals surface area contributed by atoms with E-state index in [4.69, 9.17) is 23.7 Å². The summed E-state index contributed by atoms with van der Waals surface area (Å²) in [4.78, 5) is 27.6. The monoisotopic (exact) mass is 513 g/mol. The molecule has 1 saturated heterocycles. The standard InChI is InChI=1S/C27H35N3O7/c1-16-8-9-21(36-20-10-12-30(4)13-11-20)17(2)24(16)37-26(31)18(3)28-27(32)29-19-14-22(33-5)25(35-7)23(15-19)34-6/h8-9,14-15,20H,3,10-13H2,1-2,4-7H3,(H2,28,29,32). The largest absolute Gasteiger partial charge is 0.493 e. The van der Waals surface area contributed by atoms with Gasteiger partial charge in [-0.1, -0.05) is 12.6 Å². The summed E-state index contributed by atoms with van der Waals surface area (Å²) in [7, 11) is 6.51. The van der Waals surface area contributed by atoms with Crippen LogP contribution in [0.1, 0.15) is 24.0 Å². The normalized spacial score (nSPS) is 13.9. The number of likely N-dealkylation sites (tertiary alicyclic amines) is 1. The highest BCUT2D eigenvalue weighted by molar-refractivity contribution is 5.98. The lowest BCUT2D eigenvalue weighted by Crippen LogP contribution is -2.35. The molecule has 0 aromatic heterocycles. The number of anilines is 1. The fraction of sp³-hybridized carbons (Fsp3) is 0.407. The molecule has 0 spiro atoms. The van der Waals surface area contributed by atoms with Crippen molar-refractivity contribution in [2.24, 2.45) is 0 Å². The highest BCUT2D eigenvalue weighted by Gasteiger charge is 2.22. The summed E-state index contributed by atoms with van der Waals surface area (Å²) in [5, 5.41) is 5.02. The molecule has 1 fully saturated rings. The first-order valence-electron chi connectivity index (χ1n) is 11.9. The molecule has 200 valence electrons. The van der Waals surface area contributed by atoms with Gasteiger partial charge in [-0.2, -0.15) is 0 Å². The lowest BCUT2D eigenvalue weighted by Gasteiger charge is -2.30. The maximum atomic E-state index is 12.8. The number of ether oxygens (including phenoxy) is 5. The Hall–Kier alpha value is -3.92. The van der Waals surface area contributed by atoms with Crippen molar-refractivity contribution >= 4 is 17.7 Å². The average Bonchev–Trinajstić information content (AvgIpc) is 2.88. The number of carbonyl (C=O) groups is 2. The zero-order valence-electron chi connectivity index (χ0n) is 22.2. The lowest BCUT2D eigenvalue weighted by atomic mass is 10.1. The number of amides is 2. The van der Waals surface area contributed by atoms with E-state index < -0.39 is 12.0 Å². The fourth-order valence-corrected chi connectivity index (χ4v) is 4.03. The first-order valence-corrected chi connectivity index (χ1v) is 11.9. The molecule has 37 heavy (non-hydrogen) atoms. The SMILES string of the molecule is C=C(NC(=O)Nc1cc(OC)c(OC)c(OC)c1)C(=O)Oc1c(C)ccc(OC2CCN(C)CC2)c1C. The van der Waals surface area contributed by atoms with Gasteiger partial charge in [-0.15, -0.1) is 0 Å². The first kappa shape index (κ1) is 27.7. The van der Waals surface area contributed by atoms with Crippen molar-refractivity contribution in [3.8, 4) is 28.7 Å². The zero-order chi connectivity index (χ0) is 27.1. The number of piperidine rings is 1. The number of hydrogen-bond donors (Lipinski definition) is 2. The molecular formula is C27H35N3O7. The summed E-state index contributed by atoms with van der Waals surface area (Å²) < 4.78 is 27.7. The lowest BCUT2D eigenvalue weighted by molar-refractivity contribution is -0.130. The number of nitrogens with one attached hydrogen (secondary N) is 2. The minimum atomic E-state index is -0.789. The number of nitrogens with zero attached hydrogens (tertiary/aromatic N) is 1. The van der Waals surface area contributed by atoms with Gasteiger partial charge in [0.15, 0.2) is 11.5 Å². The van der Waals surface area contributed by atoms with Gasteiger partial charge in [0, 0.05) is 30.8 Å². The van der Waals surface area contributed by atoms with Gasteiger partial charge >= 0.3 is 12.0 Å². The van der Waals surface area contributed by atoms with E-state index in [-0.39, 0.29) is 11.8 Å². The van der Waals surface area contributed by atoms with E-state index in [1.54, 1.807) is 12.1 Å². The van der Waals surface area contributed by atoms with Crippen LogP contribution in [0, 0.1) is 13.8 Å². The van der Waals surface area contributed by atoms with E-state index >= 15 is 0 Å². The third kappa shape index (κ3) is 6.85. The van der Waals surface area contributed by atoms with Crippen LogP contribution in [0.4, 0.5) is 10.5 Å². The van der Waals surface area contributed by atoms with Crippen LogP contribution in [-0.2, 0) is 4.79 Å². The van der Waals surface area contributed by atoms with Crippen molar-refractivity contribution in [2.75, 3.05) is 46.8 Å². The van der Waals surface area contributed by atoms with Gasteiger partial charge in [0.2, 0.25) is 5.75 Å². The molecule has 10 heteroatoms. The Balaban J connectivity index is 1.65. The summed E-state index contributed by atoms with van der Waals surface area (Å²) >= 11 is 0. The van der Waals surface area contributed by atoms with Crippen LogP contribution in [0.25, 0.3) is 0 Å². The topological polar surface area (TPSA) is 108 Å². The molecule has 2 aromatic carbocycles. The van der Waals surface area contributed by atoms with Crippen molar-refractivity contribution in [1.82, 2.24) is 10.2 Å². The third-order valence-electron chi connectivity index (χ3n) is 6.14. The minimum absolute atomic E-state index is 0.108. The average molecular weight is 514 g/mol. The number of esters is 1. The maximum Gasteiger partial charge on any atom is 0.359 e. The van der Waals surface area contributed by atoms with Crippen molar-refractivity contribution < 1.29 is 33.3 Å². The predicted molar refractivity (Wildman–Crippen MR) is 140 cm³/mol. The van der Waals surface area contributed by atoms with Crippen molar-refractivity contribution in [3.05, 3.63) is 47.7 Å². The van der Waals surface area contributed by atoms with Crippen LogP contribution >= 0.6 is 0 Å². The van der Waals surface area contributed by atoms with Crippen LogP contribution in [0.2, 0.25) is 0 Å². The highest BCUT2D eigenvalue weighted by Crippen LogP contribution is 2.40. The molecule has 1 aliphatic heterocycles. The number of urea groups is 1. The molecule has 3 rings (SSSR count). The number of rotatable bonds is 9. The molecular weight excluding hydrogens is 478 g/mol. The second kappa shape index (κ2) is 12.4. The fourth-order valence-electron chi connectivity index (χ4n) is 4.03. The van der Waals surface area contributed by atoms with E-state index in [1.165, 1.54) is 21.3 Å². The molecule has 0 bridgehead atoms. The Morgan fingerprint density at radius 3 is 2.14 bits per heavy atom. The van der Waals surface area contributed by atoms with Crippen LogP contribution < -0.4 is 34.3 Å². The van der Waals surface area contributed by atoms with Crippen molar-refractivity contribution in [2.45, 2.75) is 32.8 Å². The van der Waals surface area contributed by atoms with Gasteiger partial charge in [-0.3, -0.25) is 0 Å². The van der Waals surface area contributed by atoms with Crippen molar-refractivity contribution in [3.63, 3.8) is 0 Å². The van der Waals surface area contributed by atoms with Crippen LogP contribution in [0.3, 0.4) is 0 Å². The minimum Gasteiger partial charge on any atom is -0.493 e. The van der Waals surface area contributed by atoms with Gasteiger partial charge in [0.05, 0.1) is 27.0 Å². The molecule has 0 aliphatic carbocycles. The smallest absolute Gasteiger partial charge is 0.359 e. The summed E-state index contributed by atoms with van der Waals surface area (Å²) in [5.74, 6) is 1.37. The molecule has 0 unspecified atom stereocenters. The maximum absolute atomic E-state index is 12.8. The quantitative estimate of drug-likeness (QED) is 0.294. The third-order valence-corrected chi connectivity index (χ3v) is 6.14. The second-order valence-corrected chi connectivity index (χ2v) is 8.82. The molecule has 2 amide bonds.